The van der Waals surface area contributed by atoms with E-state index in [4.69, 9.17) is 5.11 Å². The summed E-state index contributed by atoms with van der Waals surface area (Å²) < 4.78 is 4.30. The molecule has 0 radical (unpaired) electrons. The monoisotopic (exact) mass is 142 g/mol. The minimum Gasteiger partial charge on any atom is -0.857 e. The van der Waals surface area contributed by atoms with Gasteiger partial charge in [-0.3, -0.25) is 4.79 Å². The molecular weight excluding hydrogens is 131 g/mol. The Balaban J connectivity index is -0.000000109. The minimum atomic E-state index is 0. The summed E-state index contributed by atoms with van der Waals surface area (Å²) in [5.74, 6) is 0. The van der Waals surface area contributed by atoms with E-state index in [1.54, 1.807) is 0 Å². The van der Waals surface area contributed by atoms with Gasteiger partial charge in [-0.1, -0.05) is 6.92 Å². The summed E-state index contributed by atoms with van der Waals surface area (Å²) in [7, 11) is 0.750. The van der Waals surface area contributed by atoms with Crippen molar-refractivity contribution in [2.45, 2.75) is 13.3 Å². The van der Waals surface area contributed by atoms with E-state index >= 15 is 0 Å². The van der Waals surface area contributed by atoms with E-state index in [0.717, 1.165) is 13.5 Å². The van der Waals surface area contributed by atoms with Crippen LogP contribution in [0.2, 0.25) is 0 Å². The quantitative estimate of drug-likeness (QED) is 0.234. The molecule has 0 heterocycles. The van der Waals surface area contributed by atoms with Gasteiger partial charge in [-0.05, 0) is 6.42 Å². The molecule has 0 aromatic carbocycles. The fourth-order valence-electron chi connectivity index (χ4n) is 0.166. The third-order valence-corrected chi connectivity index (χ3v) is 0.390. The summed E-state index contributed by atoms with van der Waals surface area (Å²) in [5.41, 5.74) is 0. The van der Waals surface area contributed by atoms with Crippen LogP contribution in [0.1, 0.15) is 13.3 Å². The van der Waals surface area contributed by atoms with Gasteiger partial charge in [0.25, 0.3) is 6.47 Å². The molecule has 0 aromatic rings. The van der Waals surface area contributed by atoms with Crippen molar-refractivity contribution >= 4 is 6.47 Å². The Labute approximate surface area is 77.7 Å². The van der Waals surface area contributed by atoms with Crippen LogP contribution in [0.15, 0.2) is 0 Å². The molecule has 0 N–H and O–H groups in total. The van der Waals surface area contributed by atoms with Crippen LogP contribution in [0.3, 0.4) is 0 Å². The second kappa shape index (κ2) is 23.7. The van der Waals surface area contributed by atoms with Crippen molar-refractivity contribution in [2.75, 3.05) is 13.7 Å². The van der Waals surface area contributed by atoms with Gasteiger partial charge in [-0.2, -0.15) is 7.11 Å². The third-order valence-electron chi connectivity index (χ3n) is 0.390. The molecule has 0 saturated carbocycles. The van der Waals surface area contributed by atoms with E-state index < -0.39 is 0 Å². The largest absolute Gasteiger partial charge is 1.00 e. The van der Waals surface area contributed by atoms with Gasteiger partial charge in [-0.25, -0.2) is 0 Å². The van der Waals surface area contributed by atoms with Crippen LogP contribution < -0.4 is 34.7 Å². The maximum absolute atomic E-state index is 9.34. The summed E-state index contributed by atoms with van der Waals surface area (Å²) in [5, 5.41) is 8.25. The summed E-state index contributed by atoms with van der Waals surface area (Å²) in [6.07, 6.45) is 0.902. The molecule has 0 rings (SSSR count). The number of carbonyl (C=O) groups excluding carboxylic acids is 1. The van der Waals surface area contributed by atoms with Gasteiger partial charge in [0.1, 0.15) is 0 Å². The molecule has 0 bridgehead atoms. The number of hydrogen-bond donors (Lipinski definition) is 0. The van der Waals surface area contributed by atoms with Crippen molar-refractivity contribution in [1.29, 1.82) is 0 Å². The Morgan fingerprint density at radius 3 is 2.11 bits per heavy atom. The van der Waals surface area contributed by atoms with E-state index in [0.29, 0.717) is 13.1 Å². The van der Waals surface area contributed by atoms with E-state index in [9.17, 15) is 4.79 Å². The maximum atomic E-state index is 9.34. The van der Waals surface area contributed by atoms with Crippen molar-refractivity contribution in [3.8, 4) is 0 Å². The summed E-state index contributed by atoms with van der Waals surface area (Å²) >= 11 is 0. The molecule has 3 nitrogen and oxygen atoms in total. The van der Waals surface area contributed by atoms with Gasteiger partial charge in [0.05, 0.1) is 6.61 Å². The van der Waals surface area contributed by atoms with Gasteiger partial charge in [0.2, 0.25) is 0 Å². The first-order valence-corrected chi connectivity index (χ1v) is 2.38. The predicted octanol–water partition coefficient (Wildman–Crippen LogP) is -3.45. The van der Waals surface area contributed by atoms with Gasteiger partial charge in [-0.15, -0.1) is 0 Å². The standard InChI is InChI=1S/C4H8O2.CH3O.Na/c1-2-3-6-4-5;1-2;/h4H,2-3H2,1H3;1H3;/q;-1;+1. The number of hydrogen-bond acceptors (Lipinski definition) is 3. The molecule has 0 aliphatic carbocycles. The second-order valence-corrected chi connectivity index (χ2v) is 0.967. The maximum Gasteiger partial charge on any atom is 1.00 e. The first kappa shape index (κ1) is 16.2. The fourth-order valence-corrected chi connectivity index (χ4v) is 0.166. The van der Waals surface area contributed by atoms with Crippen molar-refractivity contribution in [1.82, 2.24) is 0 Å². The molecule has 9 heavy (non-hydrogen) atoms. The van der Waals surface area contributed by atoms with Crippen LogP contribution in [-0.2, 0) is 9.53 Å². The van der Waals surface area contributed by atoms with Crippen LogP contribution in [0, 0.1) is 0 Å². The zero-order valence-electron chi connectivity index (χ0n) is 6.22. The Bertz CT molecular complexity index is 41.2. The second-order valence-electron chi connectivity index (χ2n) is 0.967. The number of ether oxygens (including phenoxy) is 1. The first-order valence-electron chi connectivity index (χ1n) is 2.38. The van der Waals surface area contributed by atoms with Crippen molar-refractivity contribution < 1.29 is 44.2 Å². The molecule has 4 heteroatoms. The normalized spacial score (nSPS) is 5.67. The van der Waals surface area contributed by atoms with Crippen LogP contribution in [0.4, 0.5) is 0 Å². The zero-order valence-corrected chi connectivity index (χ0v) is 8.22. The minimum absolute atomic E-state index is 0. The molecule has 0 saturated heterocycles. The zero-order chi connectivity index (χ0) is 6.83. The molecular formula is C5H11NaO3. The Hall–Kier alpha value is 0.430. The number of rotatable bonds is 3. The molecule has 0 aliphatic heterocycles. The van der Waals surface area contributed by atoms with E-state index in [-0.39, 0.29) is 29.6 Å². The number of carbonyl (C=O) groups is 1. The van der Waals surface area contributed by atoms with Crippen LogP contribution in [0.5, 0.6) is 0 Å². The van der Waals surface area contributed by atoms with Gasteiger partial charge in [0, 0.05) is 0 Å². The predicted molar refractivity (Wildman–Crippen MR) is 28.2 cm³/mol. The molecule has 0 fully saturated rings. The molecule has 0 atom stereocenters. The van der Waals surface area contributed by atoms with Crippen LogP contribution in [-0.4, -0.2) is 20.2 Å². The molecule has 0 aromatic heterocycles. The van der Waals surface area contributed by atoms with Gasteiger partial charge < -0.3 is 9.84 Å². The Morgan fingerprint density at radius 2 is 2.00 bits per heavy atom. The fraction of sp³-hybridized carbons (Fsp3) is 0.800. The van der Waals surface area contributed by atoms with E-state index in [1.165, 1.54) is 0 Å². The topological polar surface area (TPSA) is 49.4 Å². The average molecular weight is 142 g/mol. The molecule has 0 spiro atoms. The average Bonchev–Trinajstić information content (AvgIpc) is 1.88. The summed E-state index contributed by atoms with van der Waals surface area (Å²) in [4.78, 5) is 9.34. The van der Waals surface area contributed by atoms with Crippen molar-refractivity contribution in [3.63, 3.8) is 0 Å². The van der Waals surface area contributed by atoms with Gasteiger partial charge >= 0.3 is 29.6 Å². The van der Waals surface area contributed by atoms with E-state index in [1.807, 2.05) is 6.92 Å². The Morgan fingerprint density at radius 1 is 1.56 bits per heavy atom. The third kappa shape index (κ3) is 29.6. The smallest absolute Gasteiger partial charge is 0.857 e. The van der Waals surface area contributed by atoms with Crippen molar-refractivity contribution in [3.05, 3.63) is 0 Å². The first-order chi connectivity index (χ1) is 3.91. The summed E-state index contributed by atoms with van der Waals surface area (Å²) in [6.45, 7) is 2.95. The molecule has 0 unspecified atom stereocenters. The molecule has 0 amide bonds. The Kier molecular flexibility index (Phi) is 42.7. The molecule has 50 valence electrons. The summed E-state index contributed by atoms with van der Waals surface area (Å²) in [6, 6.07) is 0. The van der Waals surface area contributed by atoms with E-state index in [2.05, 4.69) is 4.74 Å². The van der Waals surface area contributed by atoms with Crippen LogP contribution >= 0.6 is 0 Å². The van der Waals surface area contributed by atoms with Crippen LogP contribution in [0.25, 0.3) is 0 Å². The van der Waals surface area contributed by atoms with Crippen molar-refractivity contribution in [2.24, 2.45) is 0 Å². The van der Waals surface area contributed by atoms with Gasteiger partial charge in [0.15, 0.2) is 0 Å². The SMILES string of the molecule is CCCOC=O.C[O-].[Na+]. The molecule has 0 aliphatic rings.